The van der Waals surface area contributed by atoms with Gasteiger partial charge in [-0.3, -0.25) is 0 Å². The maximum atomic E-state index is 12.5. The molecule has 2 heterocycles. The molecular weight excluding hydrogens is 374 g/mol. The van der Waals surface area contributed by atoms with Crippen molar-refractivity contribution in [1.82, 2.24) is 14.8 Å². The van der Waals surface area contributed by atoms with Crippen LogP contribution in [-0.4, -0.2) is 54.0 Å². The molecular formula is C24H27N5O. The van der Waals surface area contributed by atoms with Crippen LogP contribution in [0.1, 0.15) is 23.6 Å². The number of nitrogens with one attached hydrogen (secondary N) is 2. The molecule has 1 saturated heterocycles. The Balaban J connectivity index is 1.28. The number of amides is 2. The minimum Gasteiger partial charge on any atom is -0.363 e. The fourth-order valence-electron chi connectivity index (χ4n) is 4.38. The number of rotatable bonds is 3. The lowest BCUT2D eigenvalue weighted by atomic mass is 10.1. The summed E-state index contributed by atoms with van der Waals surface area (Å²) in [6, 6.07) is 18.9. The number of carbonyl (C=O) groups is 1. The van der Waals surface area contributed by atoms with Gasteiger partial charge in [0.25, 0.3) is 0 Å². The van der Waals surface area contributed by atoms with E-state index < -0.39 is 0 Å². The summed E-state index contributed by atoms with van der Waals surface area (Å²) in [6.07, 6.45) is 2.20. The van der Waals surface area contributed by atoms with Gasteiger partial charge in [-0.05, 0) is 61.3 Å². The molecule has 0 radical (unpaired) electrons. The van der Waals surface area contributed by atoms with Crippen molar-refractivity contribution in [3.63, 3.8) is 0 Å². The van der Waals surface area contributed by atoms with Crippen molar-refractivity contribution in [3.05, 3.63) is 65.7 Å². The first-order valence-electron chi connectivity index (χ1n) is 10.7. The second-order valence-corrected chi connectivity index (χ2v) is 8.26. The van der Waals surface area contributed by atoms with E-state index in [-0.39, 0.29) is 6.03 Å². The van der Waals surface area contributed by atoms with Gasteiger partial charge in [0.1, 0.15) is 5.82 Å². The van der Waals surface area contributed by atoms with Crippen molar-refractivity contribution >= 4 is 28.4 Å². The molecule has 0 unspecified atom stereocenters. The Bertz CT molecular complexity index is 1070. The molecule has 0 spiro atoms. The van der Waals surface area contributed by atoms with Crippen molar-refractivity contribution in [1.29, 1.82) is 0 Å². The van der Waals surface area contributed by atoms with E-state index in [1.165, 1.54) is 11.1 Å². The number of piperazine rings is 1. The lowest BCUT2D eigenvalue weighted by Crippen LogP contribution is -2.48. The highest BCUT2D eigenvalue weighted by molar-refractivity contribution is 5.93. The molecule has 154 valence electrons. The van der Waals surface area contributed by atoms with Crippen LogP contribution in [0, 0.1) is 0 Å². The lowest BCUT2D eigenvalue weighted by molar-refractivity contribution is 0.164. The number of anilines is 2. The van der Waals surface area contributed by atoms with Crippen LogP contribution >= 0.6 is 0 Å². The number of likely N-dealkylation sites (N-methyl/N-ethyl adjacent to an activating group) is 1. The zero-order chi connectivity index (χ0) is 20.5. The predicted octanol–water partition coefficient (Wildman–Crippen LogP) is 4.11. The third kappa shape index (κ3) is 3.83. The van der Waals surface area contributed by atoms with Crippen molar-refractivity contribution in [2.24, 2.45) is 0 Å². The monoisotopic (exact) mass is 401 g/mol. The molecule has 0 saturated carbocycles. The zero-order valence-corrected chi connectivity index (χ0v) is 17.3. The first-order valence-corrected chi connectivity index (χ1v) is 10.7. The Morgan fingerprint density at radius 3 is 2.73 bits per heavy atom. The Hall–Kier alpha value is -3.12. The van der Waals surface area contributed by atoms with Gasteiger partial charge < -0.3 is 20.4 Å². The topological polar surface area (TPSA) is 60.5 Å². The molecule has 6 nitrogen and oxygen atoms in total. The van der Waals surface area contributed by atoms with Crippen LogP contribution in [0.15, 0.2) is 54.6 Å². The highest BCUT2D eigenvalue weighted by atomic mass is 16.2. The van der Waals surface area contributed by atoms with Gasteiger partial charge in [-0.2, -0.15) is 0 Å². The van der Waals surface area contributed by atoms with E-state index in [1.807, 2.05) is 29.2 Å². The first-order chi connectivity index (χ1) is 14.7. The third-order valence-corrected chi connectivity index (χ3v) is 6.19. The standard InChI is InChI=1S/C24H27N5O/c1-28-12-14-29(15-13-28)24(30)25-19-8-10-21-18(16-19)7-11-23(26-21)27-22-9-6-17-4-2-3-5-20(17)22/h2-5,7-8,10-11,16,22H,6,9,12-15H2,1H3,(H,25,30)(H,26,27)/t22-/m1/s1. The second-order valence-electron chi connectivity index (χ2n) is 8.26. The highest BCUT2D eigenvalue weighted by Gasteiger charge is 2.22. The molecule has 1 aliphatic heterocycles. The SMILES string of the molecule is CN1CCN(C(=O)Nc2ccc3nc(N[C@@H]4CCc5ccccc54)ccc3c2)CC1. The average Bonchev–Trinajstić information content (AvgIpc) is 3.17. The molecule has 2 N–H and O–H groups in total. The van der Waals surface area contributed by atoms with E-state index in [2.05, 4.69) is 52.9 Å². The summed E-state index contributed by atoms with van der Waals surface area (Å²) in [4.78, 5) is 21.4. The van der Waals surface area contributed by atoms with Crippen molar-refractivity contribution < 1.29 is 4.79 Å². The van der Waals surface area contributed by atoms with Crippen LogP contribution in [-0.2, 0) is 6.42 Å². The van der Waals surface area contributed by atoms with Crippen molar-refractivity contribution in [3.8, 4) is 0 Å². The maximum Gasteiger partial charge on any atom is 0.321 e. The first kappa shape index (κ1) is 18.9. The molecule has 5 rings (SSSR count). The van der Waals surface area contributed by atoms with Gasteiger partial charge in [0, 0.05) is 37.3 Å². The van der Waals surface area contributed by atoms with Crippen LogP contribution in [0.5, 0.6) is 0 Å². The second kappa shape index (κ2) is 7.95. The van der Waals surface area contributed by atoms with E-state index in [0.717, 1.165) is 61.4 Å². The van der Waals surface area contributed by atoms with E-state index in [9.17, 15) is 4.79 Å². The molecule has 1 aromatic heterocycles. The Morgan fingerprint density at radius 1 is 1.03 bits per heavy atom. The van der Waals surface area contributed by atoms with Crippen molar-refractivity contribution in [2.45, 2.75) is 18.9 Å². The minimum atomic E-state index is -0.0337. The number of carbonyl (C=O) groups excluding carboxylic acids is 1. The molecule has 0 bridgehead atoms. The molecule has 1 fully saturated rings. The quantitative estimate of drug-likeness (QED) is 0.693. The van der Waals surface area contributed by atoms with Crippen LogP contribution in [0.25, 0.3) is 10.9 Å². The molecule has 1 aliphatic carbocycles. The number of pyridine rings is 1. The normalized spacial score (nSPS) is 19.0. The minimum absolute atomic E-state index is 0.0337. The number of hydrogen-bond donors (Lipinski definition) is 2. The molecule has 30 heavy (non-hydrogen) atoms. The number of aryl methyl sites for hydroxylation is 1. The lowest BCUT2D eigenvalue weighted by Gasteiger charge is -2.32. The third-order valence-electron chi connectivity index (χ3n) is 6.19. The van der Waals surface area contributed by atoms with Gasteiger partial charge in [0.15, 0.2) is 0 Å². The molecule has 6 heteroatoms. The molecule has 2 amide bonds. The van der Waals surface area contributed by atoms with E-state index >= 15 is 0 Å². The fourth-order valence-corrected chi connectivity index (χ4v) is 4.38. The molecule has 2 aliphatic rings. The predicted molar refractivity (Wildman–Crippen MR) is 121 cm³/mol. The average molecular weight is 402 g/mol. The van der Waals surface area contributed by atoms with Gasteiger partial charge in [-0.1, -0.05) is 24.3 Å². The summed E-state index contributed by atoms with van der Waals surface area (Å²) in [5.41, 5.74) is 4.53. The largest absolute Gasteiger partial charge is 0.363 e. The molecule has 3 aromatic rings. The summed E-state index contributed by atoms with van der Waals surface area (Å²) in [5.74, 6) is 0.887. The fraction of sp³-hybridized carbons (Fsp3) is 0.333. The number of urea groups is 1. The summed E-state index contributed by atoms with van der Waals surface area (Å²) in [5, 5.41) is 7.64. The Labute approximate surface area is 176 Å². The van der Waals surface area contributed by atoms with Gasteiger partial charge in [-0.25, -0.2) is 9.78 Å². The molecule has 2 aromatic carbocycles. The summed E-state index contributed by atoms with van der Waals surface area (Å²) in [6.45, 7) is 3.35. The zero-order valence-electron chi connectivity index (χ0n) is 17.3. The smallest absolute Gasteiger partial charge is 0.321 e. The summed E-state index contributed by atoms with van der Waals surface area (Å²) in [7, 11) is 2.08. The number of aromatic nitrogens is 1. The Kier molecular flexibility index (Phi) is 5.01. The number of fused-ring (bicyclic) bond motifs is 2. The summed E-state index contributed by atoms with van der Waals surface area (Å²) >= 11 is 0. The number of nitrogens with zero attached hydrogens (tertiary/aromatic N) is 3. The Morgan fingerprint density at radius 2 is 1.87 bits per heavy atom. The highest BCUT2D eigenvalue weighted by Crippen LogP contribution is 2.33. The van der Waals surface area contributed by atoms with Gasteiger partial charge in [0.2, 0.25) is 0 Å². The van der Waals surface area contributed by atoms with Gasteiger partial charge in [-0.15, -0.1) is 0 Å². The maximum absolute atomic E-state index is 12.5. The number of hydrogen-bond acceptors (Lipinski definition) is 4. The molecule has 1 atom stereocenters. The van der Waals surface area contributed by atoms with E-state index in [4.69, 9.17) is 4.98 Å². The van der Waals surface area contributed by atoms with Gasteiger partial charge in [0.05, 0.1) is 11.6 Å². The van der Waals surface area contributed by atoms with Gasteiger partial charge >= 0.3 is 6.03 Å². The van der Waals surface area contributed by atoms with Crippen molar-refractivity contribution in [2.75, 3.05) is 43.9 Å². The summed E-state index contributed by atoms with van der Waals surface area (Å²) < 4.78 is 0. The van der Waals surface area contributed by atoms with E-state index in [0.29, 0.717) is 6.04 Å². The van der Waals surface area contributed by atoms with E-state index in [1.54, 1.807) is 0 Å². The van der Waals surface area contributed by atoms with Crippen LogP contribution < -0.4 is 10.6 Å². The van der Waals surface area contributed by atoms with Crippen LogP contribution in [0.3, 0.4) is 0 Å². The van der Waals surface area contributed by atoms with Crippen LogP contribution in [0.2, 0.25) is 0 Å². The van der Waals surface area contributed by atoms with Crippen LogP contribution in [0.4, 0.5) is 16.3 Å². The number of benzene rings is 2.